The van der Waals surface area contributed by atoms with Gasteiger partial charge in [-0.3, -0.25) is 0 Å². The zero-order valence-corrected chi connectivity index (χ0v) is 11.9. The number of ketones is 1. The minimum atomic E-state index is 0.298. The van der Waals surface area contributed by atoms with Crippen molar-refractivity contribution in [2.45, 2.75) is 38.5 Å². The molecule has 2 unspecified atom stereocenters. The molecule has 1 aromatic rings. The Morgan fingerprint density at radius 2 is 2.05 bits per heavy atom. The predicted octanol–water partition coefficient (Wildman–Crippen LogP) is 3.57. The van der Waals surface area contributed by atoms with Crippen molar-refractivity contribution >= 4 is 5.78 Å². The Morgan fingerprint density at radius 3 is 2.68 bits per heavy atom. The molecule has 0 radical (unpaired) electrons. The number of rotatable bonds is 5. The van der Waals surface area contributed by atoms with Crippen LogP contribution in [0.5, 0.6) is 11.5 Å². The number of carbonyl (C=O) groups excluding carboxylic acids is 1. The highest BCUT2D eigenvalue weighted by molar-refractivity contribution is 5.75. The van der Waals surface area contributed by atoms with Crippen molar-refractivity contribution in [1.82, 2.24) is 0 Å². The second-order valence-electron chi connectivity index (χ2n) is 5.39. The van der Waals surface area contributed by atoms with Crippen molar-refractivity contribution in [3.63, 3.8) is 0 Å². The summed E-state index contributed by atoms with van der Waals surface area (Å²) in [4.78, 5) is 11.2. The molecule has 3 heteroatoms. The van der Waals surface area contributed by atoms with Gasteiger partial charge in [-0.05, 0) is 49.7 Å². The van der Waals surface area contributed by atoms with Crippen molar-refractivity contribution in [1.29, 1.82) is 0 Å². The van der Waals surface area contributed by atoms with Gasteiger partial charge in [-0.25, -0.2) is 0 Å². The van der Waals surface area contributed by atoms with Gasteiger partial charge in [0, 0.05) is 12.5 Å². The molecular formula is C16H22O3. The van der Waals surface area contributed by atoms with Crippen LogP contribution in [0, 0.1) is 5.92 Å². The van der Waals surface area contributed by atoms with E-state index in [2.05, 4.69) is 6.07 Å². The second kappa shape index (κ2) is 6.09. The van der Waals surface area contributed by atoms with Gasteiger partial charge in [-0.1, -0.05) is 6.07 Å². The molecular weight excluding hydrogens is 240 g/mol. The SMILES string of the molecule is COc1ccc(C2CCC(CC(C)=O)C2)c(OC)c1. The highest BCUT2D eigenvalue weighted by atomic mass is 16.5. The van der Waals surface area contributed by atoms with E-state index in [0.29, 0.717) is 17.6 Å². The molecule has 104 valence electrons. The van der Waals surface area contributed by atoms with Gasteiger partial charge in [0.15, 0.2) is 0 Å². The Morgan fingerprint density at radius 1 is 1.26 bits per heavy atom. The van der Waals surface area contributed by atoms with Crippen molar-refractivity contribution in [3.8, 4) is 11.5 Å². The maximum Gasteiger partial charge on any atom is 0.130 e. The van der Waals surface area contributed by atoms with Crippen LogP contribution >= 0.6 is 0 Å². The lowest BCUT2D eigenvalue weighted by Crippen LogP contribution is -2.03. The number of benzene rings is 1. The summed E-state index contributed by atoms with van der Waals surface area (Å²) in [5.74, 6) is 3.05. The van der Waals surface area contributed by atoms with Crippen molar-refractivity contribution in [2.24, 2.45) is 5.92 Å². The molecule has 1 aliphatic carbocycles. The first-order valence-electron chi connectivity index (χ1n) is 6.85. The molecule has 1 aliphatic rings. The molecule has 0 amide bonds. The molecule has 3 nitrogen and oxygen atoms in total. The minimum Gasteiger partial charge on any atom is -0.497 e. The Kier molecular flexibility index (Phi) is 4.46. The van der Waals surface area contributed by atoms with E-state index in [1.54, 1.807) is 21.1 Å². The van der Waals surface area contributed by atoms with E-state index < -0.39 is 0 Å². The predicted molar refractivity (Wildman–Crippen MR) is 74.9 cm³/mol. The van der Waals surface area contributed by atoms with Crippen LogP contribution < -0.4 is 9.47 Å². The zero-order valence-electron chi connectivity index (χ0n) is 11.9. The monoisotopic (exact) mass is 262 g/mol. The van der Waals surface area contributed by atoms with E-state index in [-0.39, 0.29) is 0 Å². The lowest BCUT2D eigenvalue weighted by Gasteiger charge is -2.16. The van der Waals surface area contributed by atoms with Crippen LogP contribution in [-0.4, -0.2) is 20.0 Å². The van der Waals surface area contributed by atoms with Gasteiger partial charge >= 0.3 is 0 Å². The fraction of sp³-hybridized carbons (Fsp3) is 0.562. The molecule has 19 heavy (non-hydrogen) atoms. The van der Waals surface area contributed by atoms with Crippen LogP contribution in [0.3, 0.4) is 0 Å². The summed E-state index contributed by atoms with van der Waals surface area (Å²) in [6.07, 6.45) is 4.08. The maximum atomic E-state index is 11.2. The van der Waals surface area contributed by atoms with E-state index in [1.807, 2.05) is 12.1 Å². The largest absolute Gasteiger partial charge is 0.497 e. The summed E-state index contributed by atoms with van der Waals surface area (Å²) in [6.45, 7) is 1.68. The summed E-state index contributed by atoms with van der Waals surface area (Å²) in [5, 5.41) is 0. The van der Waals surface area contributed by atoms with E-state index in [1.165, 1.54) is 5.56 Å². The molecule has 2 rings (SSSR count). The Labute approximate surface area is 114 Å². The first kappa shape index (κ1) is 13.9. The van der Waals surface area contributed by atoms with Gasteiger partial charge < -0.3 is 14.3 Å². The highest BCUT2D eigenvalue weighted by Gasteiger charge is 2.28. The van der Waals surface area contributed by atoms with Gasteiger partial charge in [0.25, 0.3) is 0 Å². The van der Waals surface area contributed by atoms with Gasteiger partial charge in [-0.2, -0.15) is 0 Å². The fourth-order valence-electron chi connectivity index (χ4n) is 3.11. The highest BCUT2D eigenvalue weighted by Crippen LogP contribution is 2.43. The van der Waals surface area contributed by atoms with Gasteiger partial charge in [0.05, 0.1) is 14.2 Å². The minimum absolute atomic E-state index is 0.298. The van der Waals surface area contributed by atoms with Crippen molar-refractivity contribution in [3.05, 3.63) is 23.8 Å². The quantitative estimate of drug-likeness (QED) is 0.813. The molecule has 0 heterocycles. The second-order valence-corrected chi connectivity index (χ2v) is 5.39. The van der Waals surface area contributed by atoms with Crippen LogP contribution in [0.15, 0.2) is 18.2 Å². The number of hydrogen-bond donors (Lipinski definition) is 0. The van der Waals surface area contributed by atoms with Crippen LogP contribution in [0.25, 0.3) is 0 Å². The van der Waals surface area contributed by atoms with Crippen molar-refractivity contribution < 1.29 is 14.3 Å². The number of carbonyl (C=O) groups is 1. The lowest BCUT2D eigenvalue weighted by molar-refractivity contribution is -0.117. The van der Waals surface area contributed by atoms with Crippen LogP contribution in [-0.2, 0) is 4.79 Å². The average molecular weight is 262 g/mol. The molecule has 1 fully saturated rings. The van der Waals surface area contributed by atoms with Gasteiger partial charge in [0.2, 0.25) is 0 Å². The smallest absolute Gasteiger partial charge is 0.130 e. The molecule has 1 saturated carbocycles. The molecule has 0 aromatic heterocycles. The van der Waals surface area contributed by atoms with E-state index in [4.69, 9.17) is 9.47 Å². The third kappa shape index (κ3) is 3.28. The molecule has 1 aromatic carbocycles. The van der Waals surface area contributed by atoms with E-state index in [9.17, 15) is 4.79 Å². The normalized spacial score (nSPS) is 22.3. The summed E-state index contributed by atoms with van der Waals surface area (Å²) in [7, 11) is 3.35. The molecule has 0 aliphatic heterocycles. The Bertz CT molecular complexity index is 453. The molecule has 0 N–H and O–H groups in total. The number of hydrogen-bond acceptors (Lipinski definition) is 3. The topological polar surface area (TPSA) is 35.5 Å². The van der Waals surface area contributed by atoms with Gasteiger partial charge in [-0.15, -0.1) is 0 Å². The van der Waals surface area contributed by atoms with Crippen LogP contribution in [0.4, 0.5) is 0 Å². The lowest BCUT2D eigenvalue weighted by atomic mass is 9.94. The first-order chi connectivity index (χ1) is 9.13. The average Bonchev–Trinajstić information content (AvgIpc) is 2.85. The third-order valence-electron chi connectivity index (χ3n) is 4.00. The van der Waals surface area contributed by atoms with E-state index >= 15 is 0 Å². The Hall–Kier alpha value is -1.51. The summed E-state index contributed by atoms with van der Waals surface area (Å²) in [6, 6.07) is 6.02. The van der Waals surface area contributed by atoms with E-state index in [0.717, 1.165) is 37.2 Å². The molecule has 0 saturated heterocycles. The molecule has 0 spiro atoms. The summed E-state index contributed by atoms with van der Waals surface area (Å²) < 4.78 is 10.7. The maximum absolute atomic E-state index is 11.2. The Balaban J connectivity index is 2.12. The fourth-order valence-corrected chi connectivity index (χ4v) is 3.11. The zero-order chi connectivity index (χ0) is 13.8. The molecule has 2 atom stereocenters. The number of ether oxygens (including phenoxy) is 2. The molecule has 0 bridgehead atoms. The summed E-state index contributed by atoms with van der Waals surface area (Å²) >= 11 is 0. The standard InChI is InChI=1S/C16H22O3/c1-11(17)8-12-4-5-13(9-12)15-7-6-14(18-2)10-16(15)19-3/h6-7,10,12-13H,4-5,8-9H2,1-3H3. The number of Topliss-reactive ketones (excluding diaryl/α,β-unsaturated/α-hetero) is 1. The first-order valence-corrected chi connectivity index (χ1v) is 6.85. The summed E-state index contributed by atoms with van der Waals surface area (Å²) in [5.41, 5.74) is 1.24. The van der Waals surface area contributed by atoms with Crippen LogP contribution in [0.1, 0.15) is 44.1 Å². The van der Waals surface area contributed by atoms with Gasteiger partial charge in [0.1, 0.15) is 17.3 Å². The number of methoxy groups -OCH3 is 2. The van der Waals surface area contributed by atoms with Crippen molar-refractivity contribution in [2.75, 3.05) is 14.2 Å². The third-order valence-corrected chi connectivity index (χ3v) is 4.00. The van der Waals surface area contributed by atoms with Crippen LogP contribution in [0.2, 0.25) is 0 Å².